The number of benzene rings is 2. The van der Waals surface area contributed by atoms with Crippen LogP contribution in [0.2, 0.25) is 0 Å². The maximum Gasteiger partial charge on any atom is 0.162 e. The average Bonchev–Trinajstić information content (AvgIpc) is 2.39. The van der Waals surface area contributed by atoms with E-state index in [4.69, 9.17) is 4.74 Å². The van der Waals surface area contributed by atoms with Crippen molar-refractivity contribution >= 4 is 21.6 Å². The summed E-state index contributed by atoms with van der Waals surface area (Å²) in [5, 5.41) is 13.2. The predicted octanol–water partition coefficient (Wildman–Crippen LogP) is 3.78. The molecule has 0 aromatic heterocycles. The topological polar surface area (TPSA) is 41.5 Å². The number of phenols is 1. The van der Waals surface area contributed by atoms with Crippen molar-refractivity contribution in [3.63, 3.8) is 0 Å². The van der Waals surface area contributed by atoms with E-state index in [2.05, 4.69) is 21.2 Å². The van der Waals surface area contributed by atoms with Gasteiger partial charge in [0, 0.05) is 22.3 Å². The molecule has 0 bridgehead atoms. The number of halogens is 1. The number of hydrogen-bond acceptors (Lipinski definition) is 3. The van der Waals surface area contributed by atoms with Crippen LogP contribution in [0.5, 0.6) is 11.5 Å². The number of anilines is 1. The van der Waals surface area contributed by atoms with Crippen LogP contribution >= 0.6 is 15.9 Å². The number of hydrogen-bond donors (Lipinski definition) is 2. The summed E-state index contributed by atoms with van der Waals surface area (Å²) in [6, 6.07) is 13.3. The van der Waals surface area contributed by atoms with Crippen molar-refractivity contribution in [1.82, 2.24) is 0 Å². The Morgan fingerprint density at radius 1 is 1.17 bits per heavy atom. The van der Waals surface area contributed by atoms with Crippen molar-refractivity contribution < 1.29 is 9.84 Å². The van der Waals surface area contributed by atoms with E-state index in [1.165, 1.54) is 0 Å². The van der Waals surface area contributed by atoms with Gasteiger partial charge in [0.1, 0.15) is 0 Å². The molecule has 4 heteroatoms. The second kappa shape index (κ2) is 5.78. The first-order chi connectivity index (χ1) is 8.72. The van der Waals surface area contributed by atoms with Crippen molar-refractivity contribution in [3.8, 4) is 11.5 Å². The molecular formula is C14H14BrNO2. The van der Waals surface area contributed by atoms with Crippen LogP contribution in [0.1, 0.15) is 5.56 Å². The Morgan fingerprint density at radius 2 is 1.94 bits per heavy atom. The molecule has 18 heavy (non-hydrogen) atoms. The molecule has 0 saturated carbocycles. The second-order valence-corrected chi connectivity index (χ2v) is 4.66. The Kier molecular flexibility index (Phi) is 4.10. The lowest BCUT2D eigenvalue weighted by atomic mass is 10.2. The number of nitrogens with one attached hydrogen (secondary N) is 1. The van der Waals surface area contributed by atoms with E-state index in [0.29, 0.717) is 12.3 Å². The quantitative estimate of drug-likeness (QED) is 0.903. The van der Waals surface area contributed by atoms with Crippen molar-refractivity contribution in [1.29, 1.82) is 0 Å². The van der Waals surface area contributed by atoms with E-state index in [1.54, 1.807) is 13.2 Å². The highest BCUT2D eigenvalue weighted by Gasteiger charge is 2.07. The van der Waals surface area contributed by atoms with Crippen LogP contribution in [0.3, 0.4) is 0 Å². The summed E-state index contributed by atoms with van der Waals surface area (Å²) in [5.74, 6) is 0.668. The monoisotopic (exact) mass is 307 g/mol. The number of ether oxygens (including phenoxy) is 1. The average molecular weight is 308 g/mol. The van der Waals surface area contributed by atoms with Gasteiger partial charge < -0.3 is 15.2 Å². The highest BCUT2D eigenvalue weighted by Crippen LogP contribution is 2.30. The summed E-state index contributed by atoms with van der Waals surface area (Å²) >= 11 is 3.47. The molecule has 2 rings (SSSR count). The number of aromatic hydroxyl groups is 1. The zero-order valence-corrected chi connectivity index (χ0v) is 11.6. The summed E-state index contributed by atoms with van der Waals surface area (Å²) in [6.45, 7) is 0.533. The van der Waals surface area contributed by atoms with Crippen LogP contribution in [-0.2, 0) is 6.54 Å². The molecule has 0 aliphatic carbocycles. The maximum absolute atomic E-state index is 9.96. The molecule has 0 radical (unpaired) electrons. The van der Waals surface area contributed by atoms with Crippen molar-refractivity contribution in [2.24, 2.45) is 0 Å². The molecule has 2 aromatic rings. The molecule has 0 aliphatic heterocycles. The van der Waals surface area contributed by atoms with Crippen molar-refractivity contribution in [2.45, 2.75) is 6.54 Å². The second-order valence-electron chi connectivity index (χ2n) is 3.80. The van der Waals surface area contributed by atoms with E-state index in [0.717, 1.165) is 15.7 Å². The lowest BCUT2D eigenvalue weighted by Crippen LogP contribution is -2.00. The minimum absolute atomic E-state index is 0.180. The van der Waals surface area contributed by atoms with E-state index in [-0.39, 0.29) is 5.75 Å². The molecule has 0 saturated heterocycles. The van der Waals surface area contributed by atoms with Gasteiger partial charge in [0.2, 0.25) is 0 Å². The Morgan fingerprint density at radius 3 is 2.67 bits per heavy atom. The highest BCUT2D eigenvalue weighted by atomic mass is 79.9. The molecule has 0 atom stereocenters. The van der Waals surface area contributed by atoms with Gasteiger partial charge in [-0.2, -0.15) is 0 Å². The Labute approximate surface area is 115 Å². The van der Waals surface area contributed by atoms with E-state index in [1.807, 2.05) is 36.4 Å². The zero-order valence-electron chi connectivity index (χ0n) is 9.98. The van der Waals surface area contributed by atoms with E-state index in [9.17, 15) is 5.11 Å². The normalized spacial score (nSPS) is 10.1. The van der Waals surface area contributed by atoms with Crippen LogP contribution < -0.4 is 10.1 Å². The third-order valence-electron chi connectivity index (χ3n) is 2.65. The fraction of sp³-hybridized carbons (Fsp3) is 0.143. The smallest absolute Gasteiger partial charge is 0.162 e. The fourth-order valence-electron chi connectivity index (χ4n) is 1.67. The molecule has 0 aliphatic rings. The summed E-state index contributed by atoms with van der Waals surface area (Å²) in [6.07, 6.45) is 0. The van der Waals surface area contributed by atoms with Gasteiger partial charge in [-0.05, 0) is 34.1 Å². The first-order valence-corrected chi connectivity index (χ1v) is 6.35. The molecule has 0 spiro atoms. The number of rotatable bonds is 4. The Bertz CT molecular complexity index is 543. The summed E-state index contributed by atoms with van der Waals surface area (Å²) in [4.78, 5) is 0. The first kappa shape index (κ1) is 12.8. The van der Waals surface area contributed by atoms with Crippen molar-refractivity contribution in [2.75, 3.05) is 12.4 Å². The standard InChI is InChI=1S/C14H14BrNO2/c1-18-13-8-4-5-10(14(13)17)9-16-12-7-3-2-6-11(12)15/h2-8,16-17H,9H2,1H3. The van der Waals surface area contributed by atoms with Crippen LogP contribution in [0, 0.1) is 0 Å². The molecule has 2 aromatic carbocycles. The van der Waals surface area contributed by atoms with E-state index < -0.39 is 0 Å². The first-order valence-electron chi connectivity index (χ1n) is 5.55. The summed E-state index contributed by atoms with van der Waals surface area (Å²) in [7, 11) is 1.54. The predicted molar refractivity (Wildman–Crippen MR) is 76.1 cm³/mol. The number of phenolic OH excluding ortho intramolecular Hbond substituents is 1. The molecular weight excluding hydrogens is 294 g/mol. The molecule has 3 nitrogen and oxygen atoms in total. The number of para-hydroxylation sites is 2. The van der Waals surface area contributed by atoms with Crippen LogP contribution in [0.25, 0.3) is 0 Å². The summed E-state index contributed by atoms with van der Waals surface area (Å²) in [5.41, 5.74) is 1.78. The SMILES string of the molecule is COc1cccc(CNc2ccccc2Br)c1O. The van der Waals surface area contributed by atoms with E-state index >= 15 is 0 Å². The molecule has 2 N–H and O–H groups in total. The number of methoxy groups -OCH3 is 1. The van der Waals surface area contributed by atoms with Gasteiger partial charge in [-0.25, -0.2) is 0 Å². The Balaban J connectivity index is 2.14. The van der Waals surface area contributed by atoms with Gasteiger partial charge in [-0.1, -0.05) is 24.3 Å². The van der Waals surface area contributed by atoms with Gasteiger partial charge in [-0.3, -0.25) is 0 Å². The molecule has 0 fully saturated rings. The van der Waals surface area contributed by atoms with Gasteiger partial charge >= 0.3 is 0 Å². The summed E-state index contributed by atoms with van der Waals surface area (Å²) < 4.78 is 6.07. The highest BCUT2D eigenvalue weighted by molar-refractivity contribution is 9.10. The van der Waals surface area contributed by atoms with Gasteiger partial charge in [-0.15, -0.1) is 0 Å². The van der Waals surface area contributed by atoms with Gasteiger partial charge in [0.05, 0.1) is 7.11 Å². The van der Waals surface area contributed by atoms with Gasteiger partial charge in [0.15, 0.2) is 11.5 Å². The van der Waals surface area contributed by atoms with Gasteiger partial charge in [0.25, 0.3) is 0 Å². The van der Waals surface area contributed by atoms with Crippen LogP contribution in [0.15, 0.2) is 46.9 Å². The zero-order chi connectivity index (χ0) is 13.0. The Hall–Kier alpha value is -1.68. The third kappa shape index (κ3) is 2.76. The third-order valence-corrected chi connectivity index (χ3v) is 3.34. The fourth-order valence-corrected chi connectivity index (χ4v) is 2.10. The molecule has 0 amide bonds. The lowest BCUT2D eigenvalue weighted by Gasteiger charge is -2.11. The largest absolute Gasteiger partial charge is 0.504 e. The van der Waals surface area contributed by atoms with Crippen LogP contribution in [-0.4, -0.2) is 12.2 Å². The van der Waals surface area contributed by atoms with Crippen molar-refractivity contribution in [3.05, 3.63) is 52.5 Å². The molecule has 94 valence electrons. The lowest BCUT2D eigenvalue weighted by molar-refractivity contribution is 0.371. The minimum Gasteiger partial charge on any atom is -0.504 e. The van der Waals surface area contributed by atoms with Crippen LogP contribution in [0.4, 0.5) is 5.69 Å². The minimum atomic E-state index is 0.180. The molecule has 0 unspecified atom stereocenters. The maximum atomic E-state index is 9.96. The molecule has 0 heterocycles.